The maximum atomic E-state index is 6.19. The molecule has 4 atom stereocenters. The normalized spacial score (nSPS) is 24.7. The van der Waals surface area contributed by atoms with Crippen molar-refractivity contribution in [2.45, 2.75) is 158 Å². The average Bonchev–Trinajstić information content (AvgIpc) is 3.90. The molecule has 60 heavy (non-hydrogen) atoms. The summed E-state index contributed by atoms with van der Waals surface area (Å²) >= 11 is -1.88. The molecule has 2 nitrogen and oxygen atoms in total. The van der Waals surface area contributed by atoms with E-state index in [0.29, 0.717) is 10.8 Å². The van der Waals surface area contributed by atoms with E-state index in [9.17, 15) is 0 Å². The molecular weight excluding hydrogens is 861 g/mol. The van der Waals surface area contributed by atoms with Gasteiger partial charge in [0.1, 0.15) is 0 Å². The molecule has 0 unspecified atom stereocenters. The minimum atomic E-state index is -1.88. The van der Waals surface area contributed by atoms with E-state index in [0.717, 1.165) is 29.8 Å². The van der Waals surface area contributed by atoms with Crippen LogP contribution >= 0.6 is 19.4 Å². The molecule has 0 amide bonds. The van der Waals surface area contributed by atoms with Crippen LogP contribution in [-0.2, 0) is 39.2 Å². The van der Waals surface area contributed by atoms with Gasteiger partial charge in [-0.15, -0.1) is 10.8 Å². The zero-order chi connectivity index (χ0) is 43.9. The van der Waals surface area contributed by atoms with Gasteiger partial charge in [0.25, 0.3) is 0 Å². The monoisotopic (exact) mass is 934 g/mol. The number of hydrogen-bond donors (Lipinski definition) is 0. The first-order chi connectivity index (χ1) is 28.6. The van der Waals surface area contributed by atoms with Crippen molar-refractivity contribution in [1.82, 2.24) is 0 Å². The third-order valence-corrected chi connectivity index (χ3v) is 17.3. The van der Waals surface area contributed by atoms with Crippen molar-refractivity contribution in [2.24, 2.45) is 10.8 Å². The van der Waals surface area contributed by atoms with Crippen LogP contribution in [0.3, 0.4) is 0 Å². The standard InChI is InChI=1S/2C20H32N.C15H10.2ClH.Ru/c2*1-7-16-12-11-13-17(8-2)18(16)21-15-19(5,9-3)14-20(21,6)10-4;1-2-6-12(7-3-1)15-11-10-13-8-4-5-9-14(13)15;;;/h2*11-13,15H,7-10,14H2,1-6H3;1-9,11H;2*1H;/q2*-1;;;;+2/p-2/t2*19-,20-;;;;/m10..../s1. The Bertz CT molecular complexity index is 1980. The topological polar surface area (TPSA) is 6.48 Å². The van der Waals surface area contributed by atoms with Gasteiger partial charge in [0.15, 0.2) is 0 Å². The number of hydrogen-bond acceptors (Lipinski definition) is 2. The van der Waals surface area contributed by atoms with Crippen molar-refractivity contribution in [3.05, 3.63) is 149 Å². The Balaban J connectivity index is 0.000000171. The second-order valence-corrected chi connectivity index (χ2v) is 24.1. The van der Waals surface area contributed by atoms with Gasteiger partial charge in [0.05, 0.1) is 0 Å². The van der Waals surface area contributed by atoms with Crippen LogP contribution in [0.25, 0.3) is 5.57 Å². The number of anilines is 2. The Morgan fingerprint density at radius 3 is 1.23 bits per heavy atom. The van der Waals surface area contributed by atoms with Gasteiger partial charge in [-0.05, 0) is 74.6 Å². The van der Waals surface area contributed by atoms with Gasteiger partial charge in [-0.2, -0.15) is 0 Å². The second kappa shape index (κ2) is 20.7. The Morgan fingerprint density at radius 2 is 0.883 bits per heavy atom. The van der Waals surface area contributed by atoms with E-state index in [1.54, 1.807) is 0 Å². The molecule has 0 radical (unpaired) electrons. The first-order valence-corrected chi connectivity index (χ1v) is 28.2. The molecule has 0 bridgehead atoms. The fourth-order valence-electron chi connectivity index (χ4n) is 9.84. The summed E-state index contributed by atoms with van der Waals surface area (Å²) in [7, 11) is 12.4. The summed E-state index contributed by atoms with van der Waals surface area (Å²) in [4.78, 5) is 5.27. The van der Waals surface area contributed by atoms with Crippen LogP contribution in [0.15, 0.2) is 97.1 Å². The number of rotatable bonds is 11. The van der Waals surface area contributed by atoms with Crippen molar-refractivity contribution in [2.75, 3.05) is 9.80 Å². The number of halogens is 2. The van der Waals surface area contributed by atoms with Crippen LogP contribution in [0.4, 0.5) is 11.4 Å². The molecule has 0 aromatic heterocycles. The fraction of sp³-hybridized carbons (Fsp3) is 0.473. The zero-order valence-corrected chi connectivity index (χ0v) is 42.2. The predicted octanol–water partition coefficient (Wildman–Crippen LogP) is 16.1. The molecule has 4 aromatic carbocycles. The Morgan fingerprint density at radius 1 is 0.500 bits per heavy atom. The number of benzene rings is 4. The number of nitrogens with zero attached hydrogens (tertiary/aromatic N) is 2. The number of fused-ring (bicyclic) bond motifs is 1. The van der Waals surface area contributed by atoms with Gasteiger partial charge in [-0.25, -0.2) is 13.1 Å². The molecule has 2 aliphatic heterocycles. The molecule has 4 aromatic rings. The SMILES string of the molecule is CCc1cccc(CC)c1N1[CH-][C@@](C)(CC)C[C@]1(C)CC.CCc1cccc(CC)c1N1[CH-][C@](C)(CC)C[C@@]1(C)CC.[Cl][Ru]([Cl])=[C]1C=C(c2ccccc2)c2ccccc21. The van der Waals surface area contributed by atoms with E-state index in [1.165, 1.54) is 94.4 Å². The molecule has 0 saturated carbocycles. The van der Waals surface area contributed by atoms with E-state index >= 15 is 0 Å². The van der Waals surface area contributed by atoms with Crippen molar-refractivity contribution < 1.29 is 13.5 Å². The molecule has 2 fully saturated rings. The van der Waals surface area contributed by atoms with Gasteiger partial charge in [0.2, 0.25) is 0 Å². The molecular formula is C55H74Cl2N2Ru-2. The van der Waals surface area contributed by atoms with Crippen LogP contribution in [0.1, 0.15) is 161 Å². The number of aryl methyl sites for hydroxylation is 4. The Kier molecular flexibility index (Phi) is 16.6. The Labute approximate surface area is 379 Å². The number of allylic oxidation sites excluding steroid dienone is 1. The first-order valence-electron chi connectivity index (χ1n) is 22.9. The van der Waals surface area contributed by atoms with Crippen molar-refractivity contribution in [3.8, 4) is 0 Å². The van der Waals surface area contributed by atoms with Crippen molar-refractivity contribution >= 4 is 40.4 Å². The summed E-state index contributed by atoms with van der Waals surface area (Å²) in [5, 5.41) is 0. The molecule has 2 saturated heterocycles. The molecule has 5 heteroatoms. The fourth-order valence-corrected chi connectivity index (χ4v) is 12.3. The van der Waals surface area contributed by atoms with Crippen LogP contribution in [0, 0.1) is 23.9 Å². The van der Waals surface area contributed by atoms with E-state index < -0.39 is 13.5 Å². The van der Waals surface area contributed by atoms with Gasteiger partial charge >= 0.3 is 120 Å². The molecule has 0 spiro atoms. The summed E-state index contributed by atoms with van der Waals surface area (Å²) in [6.45, 7) is 33.2. The van der Waals surface area contributed by atoms with Gasteiger partial charge in [0, 0.05) is 22.5 Å². The van der Waals surface area contributed by atoms with Crippen LogP contribution in [0.5, 0.6) is 0 Å². The van der Waals surface area contributed by atoms with E-state index in [-0.39, 0.29) is 11.1 Å². The summed E-state index contributed by atoms with van der Waals surface area (Å²) in [5.41, 5.74) is 15.0. The maximum absolute atomic E-state index is 6.19. The first kappa shape index (κ1) is 48.3. The second-order valence-electron chi connectivity index (χ2n) is 18.3. The van der Waals surface area contributed by atoms with Crippen LogP contribution in [0.2, 0.25) is 0 Å². The number of para-hydroxylation sites is 2. The summed E-state index contributed by atoms with van der Waals surface area (Å²) in [6.07, 6.45) is 13.9. The van der Waals surface area contributed by atoms with Gasteiger partial charge < -0.3 is 9.80 Å². The molecule has 328 valence electrons. The van der Waals surface area contributed by atoms with Crippen molar-refractivity contribution in [3.63, 3.8) is 0 Å². The van der Waals surface area contributed by atoms with Crippen molar-refractivity contribution in [1.29, 1.82) is 0 Å². The molecule has 2 heterocycles. The van der Waals surface area contributed by atoms with E-state index in [4.69, 9.17) is 19.4 Å². The molecule has 7 rings (SSSR count). The van der Waals surface area contributed by atoms with Gasteiger partial charge in [-0.1, -0.05) is 131 Å². The zero-order valence-electron chi connectivity index (χ0n) is 39.0. The quantitative estimate of drug-likeness (QED) is 0.109. The van der Waals surface area contributed by atoms with Crippen LogP contribution in [-0.4, -0.2) is 15.2 Å². The Hall–Kier alpha value is -2.71. The van der Waals surface area contributed by atoms with E-state index in [2.05, 4.69) is 179 Å². The third-order valence-electron chi connectivity index (χ3n) is 14.1. The van der Waals surface area contributed by atoms with Crippen LogP contribution < -0.4 is 9.80 Å². The van der Waals surface area contributed by atoms with E-state index in [1.807, 2.05) is 24.3 Å². The third kappa shape index (κ3) is 10.2. The predicted molar refractivity (Wildman–Crippen MR) is 263 cm³/mol. The summed E-state index contributed by atoms with van der Waals surface area (Å²) < 4.78 is 1.12. The summed E-state index contributed by atoms with van der Waals surface area (Å²) in [5.74, 6) is 0. The van der Waals surface area contributed by atoms with Gasteiger partial charge in [-0.3, -0.25) is 0 Å². The molecule has 3 aliphatic rings. The molecule has 1 aliphatic carbocycles. The summed E-state index contributed by atoms with van der Waals surface area (Å²) in [6, 6.07) is 32.3. The molecule has 0 N–H and O–H groups in total. The minimum absolute atomic E-state index is 0.250. The average molecular weight is 935 g/mol.